The molecule has 1 amide bonds. The van der Waals surface area contributed by atoms with Crippen molar-refractivity contribution in [2.45, 2.75) is 6.42 Å². The Kier molecular flexibility index (Phi) is 5.46. The molecule has 0 saturated heterocycles. The molecule has 1 N–H and O–H groups in total. The highest BCUT2D eigenvalue weighted by Gasteiger charge is 2.14. The van der Waals surface area contributed by atoms with Gasteiger partial charge in [0.1, 0.15) is 0 Å². The minimum atomic E-state index is -0.142. The van der Waals surface area contributed by atoms with Crippen molar-refractivity contribution in [3.05, 3.63) is 132 Å². The maximum absolute atomic E-state index is 13.2. The van der Waals surface area contributed by atoms with Crippen molar-refractivity contribution in [1.29, 1.82) is 0 Å². The number of hydrogen-bond acceptors (Lipinski definition) is 2. The second-order valence-corrected chi connectivity index (χ2v) is 7.75. The van der Waals surface area contributed by atoms with Crippen molar-refractivity contribution in [3.63, 3.8) is 0 Å². The Labute approximate surface area is 187 Å². The number of pyridine rings is 1. The van der Waals surface area contributed by atoms with E-state index in [1.165, 1.54) is 11.1 Å². The second kappa shape index (κ2) is 8.86. The topological polar surface area (TPSA) is 42.0 Å². The number of fused-ring (bicyclic) bond motifs is 1. The first-order valence-electron chi connectivity index (χ1n) is 10.7. The lowest BCUT2D eigenvalue weighted by atomic mass is 10.0. The third-order valence-electron chi connectivity index (χ3n) is 5.49. The molecule has 0 fully saturated rings. The van der Waals surface area contributed by atoms with Gasteiger partial charge in [-0.05, 0) is 41.8 Å². The van der Waals surface area contributed by atoms with Crippen LogP contribution in [0, 0.1) is 0 Å². The fourth-order valence-corrected chi connectivity index (χ4v) is 3.86. The molecule has 0 aliphatic heterocycles. The lowest BCUT2D eigenvalue weighted by molar-refractivity contribution is 0.102. The number of carbonyl (C=O) groups is 1. The highest BCUT2D eigenvalue weighted by molar-refractivity contribution is 6.13. The van der Waals surface area contributed by atoms with Gasteiger partial charge in [0.25, 0.3) is 5.91 Å². The van der Waals surface area contributed by atoms with Crippen LogP contribution in [0.25, 0.3) is 22.2 Å². The Bertz CT molecular complexity index is 1360. The predicted molar refractivity (Wildman–Crippen MR) is 131 cm³/mol. The largest absolute Gasteiger partial charge is 0.322 e. The van der Waals surface area contributed by atoms with Gasteiger partial charge in [0, 0.05) is 16.6 Å². The normalized spacial score (nSPS) is 10.8. The molecule has 0 aliphatic rings. The first-order valence-corrected chi connectivity index (χ1v) is 10.7. The summed E-state index contributed by atoms with van der Waals surface area (Å²) in [5.74, 6) is -0.142. The Morgan fingerprint density at radius 1 is 0.688 bits per heavy atom. The molecule has 4 aromatic carbocycles. The third-order valence-corrected chi connectivity index (χ3v) is 5.49. The van der Waals surface area contributed by atoms with Gasteiger partial charge in [0.2, 0.25) is 0 Å². The van der Waals surface area contributed by atoms with Crippen LogP contribution in [0.1, 0.15) is 21.5 Å². The highest BCUT2D eigenvalue weighted by Crippen LogP contribution is 2.25. The van der Waals surface area contributed by atoms with Gasteiger partial charge in [-0.1, -0.05) is 91.0 Å². The van der Waals surface area contributed by atoms with E-state index < -0.39 is 0 Å². The standard InChI is InChI=1S/C29H22N2O/c32-29(30-24-17-15-22(16-18-24)19-21-9-3-1-4-10-21)26-20-28(23-11-5-2-6-12-23)31-27-14-8-7-13-25(26)27/h1-18,20H,19H2,(H,30,32). The van der Waals surface area contributed by atoms with Crippen LogP contribution in [0.15, 0.2) is 115 Å². The molecule has 0 spiro atoms. The molecule has 0 bridgehead atoms. The summed E-state index contributed by atoms with van der Waals surface area (Å²) in [6, 6.07) is 37.9. The molecular weight excluding hydrogens is 392 g/mol. The number of rotatable bonds is 5. The summed E-state index contributed by atoms with van der Waals surface area (Å²) in [4.78, 5) is 18.0. The molecule has 32 heavy (non-hydrogen) atoms. The summed E-state index contributed by atoms with van der Waals surface area (Å²) in [6.07, 6.45) is 0.866. The predicted octanol–water partition coefficient (Wildman–Crippen LogP) is 6.74. The van der Waals surface area contributed by atoms with Gasteiger partial charge in [-0.15, -0.1) is 0 Å². The summed E-state index contributed by atoms with van der Waals surface area (Å²) >= 11 is 0. The summed E-state index contributed by atoms with van der Waals surface area (Å²) in [5.41, 5.74) is 6.43. The molecule has 0 aliphatic carbocycles. The molecular formula is C29H22N2O. The molecule has 1 heterocycles. The Morgan fingerprint density at radius 3 is 2.06 bits per heavy atom. The molecule has 0 saturated carbocycles. The van der Waals surface area contributed by atoms with Crippen LogP contribution in [0.4, 0.5) is 5.69 Å². The van der Waals surface area contributed by atoms with Gasteiger partial charge >= 0.3 is 0 Å². The number of benzene rings is 4. The van der Waals surface area contributed by atoms with Gasteiger partial charge in [0.05, 0.1) is 16.8 Å². The van der Waals surface area contributed by atoms with E-state index >= 15 is 0 Å². The van der Waals surface area contributed by atoms with Gasteiger partial charge in [0.15, 0.2) is 0 Å². The summed E-state index contributed by atoms with van der Waals surface area (Å²) in [7, 11) is 0. The van der Waals surface area contributed by atoms with Gasteiger partial charge < -0.3 is 5.32 Å². The van der Waals surface area contributed by atoms with Crippen molar-refractivity contribution in [1.82, 2.24) is 4.98 Å². The minimum absolute atomic E-state index is 0.142. The van der Waals surface area contributed by atoms with Crippen LogP contribution in [-0.4, -0.2) is 10.9 Å². The van der Waals surface area contributed by atoms with Crippen molar-refractivity contribution in [3.8, 4) is 11.3 Å². The Hall–Kier alpha value is -4.24. The highest BCUT2D eigenvalue weighted by atomic mass is 16.1. The van der Waals surface area contributed by atoms with Gasteiger partial charge in [-0.25, -0.2) is 4.98 Å². The molecule has 0 atom stereocenters. The van der Waals surface area contributed by atoms with E-state index in [2.05, 4.69) is 29.6 Å². The molecule has 5 aromatic rings. The number of para-hydroxylation sites is 1. The van der Waals surface area contributed by atoms with E-state index in [4.69, 9.17) is 4.98 Å². The van der Waals surface area contributed by atoms with Crippen LogP contribution in [0.5, 0.6) is 0 Å². The SMILES string of the molecule is O=C(Nc1ccc(Cc2ccccc2)cc1)c1cc(-c2ccccc2)nc2ccccc12. The van der Waals surface area contributed by atoms with Crippen molar-refractivity contribution in [2.24, 2.45) is 0 Å². The molecule has 5 rings (SSSR count). The lowest BCUT2D eigenvalue weighted by Crippen LogP contribution is -2.13. The van der Waals surface area contributed by atoms with Gasteiger partial charge in [-0.3, -0.25) is 4.79 Å². The number of nitrogens with one attached hydrogen (secondary N) is 1. The molecule has 3 heteroatoms. The van der Waals surface area contributed by atoms with E-state index in [9.17, 15) is 4.79 Å². The maximum atomic E-state index is 13.2. The van der Waals surface area contributed by atoms with Crippen LogP contribution in [-0.2, 0) is 6.42 Å². The van der Waals surface area contributed by atoms with E-state index in [0.29, 0.717) is 5.56 Å². The zero-order valence-electron chi connectivity index (χ0n) is 17.5. The van der Waals surface area contributed by atoms with E-state index in [0.717, 1.165) is 34.3 Å². The fourth-order valence-electron chi connectivity index (χ4n) is 3.86. The number of carbonyl (C=O) groups excluding carboxylic acids is 1. The fraction of sp³-hybridized carbons (Fsp3) is 0.0345. The Morgan fingerprint density at radius 2 is 1.31 bits per heavy atom. The van der Waals surface area contributed by atoms with Crippen LogP contribution in [0.3, 0.4) is 0 Å². The van der Waals surface area contributed by atoms with E-state index in [-0.39, 0.29) is 5.91 Å². The first kappa shape index (κ1) is 19.7. The number of amides is 1. The number of aromatic nitrogens is 1. The van der Waals surface area contributed by atoms with E-state index in [1.54, 1.807) is 0 Å². The molecule has 1 aromatic heterocycles. The third kappa shape index (κ3) is 4.28. The maximum Gasteiger partial charge on any atom is 0.256 e. The monoisotopic (exact) mass is 414 g/mol. The average Bonchev–Trinajstić information content (AvgIpc) is 2.85. The minimum Gasteiger partial charge on any atom is -0.322 e. The molecule has 0 radical (unpaired) electrons. The van der Waals surface area contributed by atoms with Crippen molar-refractivity contribution >= 4 is 22.5 Å². The smallest absolute Gasteiger partial charge is 0.256 e. The lowest BCUT2D eigenvalue weighted by Gasteiger charge is -2.11. The second-order valence-electron chi connectivity index (χ2n) is 7.75. The van der Waals surface area contributed by atoms with Crippen LogP contribution >= 0.6 is 0 Å². The zero-order chi connectivity index (χ0) is 21.8. The van der Waals surface area contributed by atoms with Crippen molar-refractivity contribution < 1.29 is 4.79 Å². The van der Waals surface area contributed by atoms with E-state index in [1.807, 2.05) is 91.0 Å². The molecule has 3 nitrogen and oxygen atoms in total. The number of nitrogens with zero attached hydrogens (tertiary/aromatic N) is 1. The van der Waals surface area contributed by atoms with Crippen LogP contribution < -0.4 is 5.32 Å². The Balaban J connectivity index is 1.42. The van der Waals surface area contributed by atoms with Crippen molar-refractivity contribution in [2.75, 3.05) is 5.32 Å². The summed E-state index contributed by atoms with van der Waals surface area (Å²) < 4.78 is 0. The summed E-state index contributed by atoms with van der Waals surface area (Å²) in [5, 5.41) is 3.89. The number of hydrogen-bond donors (Lipinski definition) is 1. The molecule has 0 unspecified atom stereocenters. The zero-order valence-corrected chi connectivity index (χ0v) is 17.5. The first-order chi connectivity index (χ1) is 15.8. The molecule has 154 valence electrons. The van der Waals surface area contributed by atoms with Gasteiger partial charge in [-0.2, -0.15) is 0 Å². The average molecular weight is 415 g/mol. The van der Waals surface area contributed by atoms with Crippen LogP contribution in [0.2, 0.25) is 0 Å². The quantitative estimate of drug-likeness (QED) is 0.346. The number of anilines is 1. The summed E-state index contributed by atoms with van der Waals surface area (Å²) in [6.45, 7) is 0.